The molecule has 0 bridgehead atoms. The van der Waals surface area contributed by atoms with Crippen molar-refractivity contribution in [2.45, 2.75) is 38.1 Å². The van der Waals surface area contributed by atoms with Crippen LogP contribution >= 0.6 is 0 Å². The van der Waals surface area contributed by atoms with Crippen molar-refractivity contribution in [3.63, 3.8) is 0 Å². The summed E-state index contributed by atoms with van der Waals surface area (Å²) in [5.74, 6) is -0.277. The standard InChI is InChI=1S/C14H19NO2/c15-14(10-5-1-2-6-10)12-8-4-3-7-11(12)9-13(16)17/h3-4,7-8,10,14H,1-2,5-6,9,15H2,(H,16,17). The molecular formula is C14H19NO2. The second kappa shape index (κ2) is 5.32. The molecule has 0 aromatic heterocycles. The van der Waals surface area contributed by atoms with Gasteiger partial charge in [0.05, 0.1) is 6.42 Å². The Morgan fingerprint density at radius 3 is 2.65 bits per heavy atom. The van der Waals surface area contributed by atoms with Crippen LogP contribution in [0, 0.1) is 5.92 Å². The second-order valence-electron chi connectivity index (χ2n) is 4.84. The third-order valence-electron chi connectivity index (χ3n) is 3.66. The van der Waals surface area contributed by atoms with Crippen molar-refractivity contribution in [1.82, 2.24) is 0 Å². The summed E-state index contributed by atoms with van der Waals surface area (Å²) >= 11 is 0. The summed E-state index contributed by atoms with van der Waals surface area (Å²) in [6.07, 6.45) is 4.90. The second-order valence-corrected chi connectivity index (χ2v) is 4.84. The molecule has 0 aliphatic heterocycles. The van der Waals surface area contributed by atoms with Gasteiger partial charge in [0.1, 0.15) is 0 Å². The highest BCUT2D eigenvalue weighted by Crippen LogP contribution is 2.35. The summed E-state index contributed by atoms with van der Waals surface area (Å²) in [5, 5.41) is 8.90. The van der Waals surface area contributed by atoms with Crippen LogP contribution in [-0.4, -0.2) is 11.1 Å². The minimum absolute atomic E-state index is 0.00644. The van der Waals surface area contributed by atoms with Gasteiger partial charge in [-0.25, -0.2) is 0 Å². The van der Waals surface area contributed by atoms with Crippen molar-refractivity contribution >= 4 is 5.97 Å². The van der Waals surface area contributed by atoms with Crippen molar-refractivity contribution in [2.24, 2.45) is 11.7 Å². The third-order valence-corrected chi connectivity index (χ3v) is 3.66. The molecule has 3 nitrogen and oxygen atoms in total. The SMILES string of the molecule is NC(c1ccccc1CC(=O)O)C1CCCC1. The number of hydrogen-bond donors (Lipinski definition) is 2. The number of carboxylic acid groups (broad SMARTS) is 1. The molecule has 0 saturated heterocycles. The first-order valence-electron chi connectivity index (χ1n) is 6.23. The Labute approximate surface area is 102 Å². The maximum Gasteiger partial charge on any atom is 0.307 e. The molecule has 1 aromatic carbocycles. The molecule has 1 saturated carbocycles. The highest BCUT2D eigenvalue weighted by molar-refractivity contribution is 5.70. The fraction of sp³-hybridized carbons (Fsp3) is 0.500. The first-order chi connectivity index (χ1) is 8.18. The lowest BCUT2D eigenvalue weighted by atomic mass is 9.89. The zero-order valence-corrected chi connectivity index (χ0v) is 9.93. The van der Waals surface area contributed by atoms with E-state index < -0.39 is 5.97 Å². The molecule has 2 rings (SSSR count). The molecule has 0 amide bonds. The Hall–Kier alpha value is -1.35. The Balaban J connectivity index is 2.20. The van der Waals surface area contributed by atoms with Gasteiger partial charge in [0.15, 0.2) is 0 Å². The third kappa shape index (κ3) is 2.86. The van der Waals surface area contributed by atoms with Crippen molar-refractivity contribution in [3.8, 4) is 0 Å². The predicted octanol–water partition coefficient (Wildman–Crippen LogP) is 2.50. The smallest absolute Gasteiger partial charge is 0.307 e. The molecule has 1 unspecified atom stereocenters. The van der Waals surface area contributed by atoms with E-state index in [-0.39, 0.29) is 12.5 Å². The molecule has 3 N–H and O–H groups in total. The van der Waals surface area contributed by atoms with Gasteiger partial charge in [-0.1, -0.05) is 37.1 Å². The van der Waals surface area contributed by atoms with E-state index in [1.807, 2.05) is 24.3 Å². The summed E-state index contributed by atoms with van der Waals surface area (Å²) in [4.78, 5) is 10.8. The molecule has 0 heterocycles. The molecule has 3 heteroatoms. The number of rotatable bonds is 4. The fourth-order valence-corrected chi connectivity index (χ4v) is 2.75. The van der Waals surface area contributed by atoms with Crippen LogP contribution in [0.25, 0.3) is 0 Å². The number of carboxylic acids is 1. The van der Waals surface area contributed by atoms with Gasteiger partial charge in [0.25, 0.3) is 0 Å². The van der Waals surface area contributed by atoms with Crippen LogP contribution in [0.2, 0.25) is 0 Å². The highest BCUT2D eigenvalue weighted by atomic mass is 16.4. The summed E-state index contributed by atoms with van der Waals surface area (Å²) in [6.45, 7) is 0. The lowest BCUT2D eigenvalue weighted by Crippen LogP contribution is -2.21. The van der Waals surface area contributed by atoms with Gasteiger partial charge in [0, 0.05) is 6.04 Å². The van der Waals surface area contributed by atoms with Crippen LogP contribution in [0.15, 0.2) is 24.3 Å². The summed E-state index contributed by atoms with van der Waals surface area (Å²) in [5.41, 5.74) is 8.16. The van der Waals surface area contributed by atoms with E-state index in [2.05, 4.69) is 0 Å². The zero-order valence-electron chi connectivity index (χ0n) is 9.93. The van der Waals surface area contributed by atoms with Gasteiger partial charge in [0.2, 0.25) is 0 Å². The highest BCUT2D eigenvalue weighted by Gasteiger charge is 2.24. The van der Waals surface area contributed by atoms with Gasteiger partial charge in [-0.2, -0.15) is 0 Å². The Kier molecular flexibility index (Phi) is 3.79. The number of hydrogen-bond acceptors (Lipinski definition) is 2. The van der Waals surface area contributed by atoms with Gasteiger partial charge in [-0.05, 0) is 29.9 Å². The van der Waals surface area contributed by atoms with Crippen LogP contribution < -0.4 is 5.73 Å². The zero-order chi connectivity index (χ0) is 12.3. The molecular weight excluding hydrogens is 214 g/mol. The molecule has 17 heavy (non-hydrogen) atoms. The van der Waals surface area contributed by atoms with Crippen LogP contribution in [0.1, 0.15) is 42.9 Å². The first kappa shape index (κ1) is 12.1. The lowest BCUT2D eigenvalue weighted by Gasteiger charge is -2.21. The lowest BCUT2D eigenvalue weighted by molar-refractivity contribution is -0.136. The topological polar surface area (TPSA) is 63.3 Å². The normalized spacial score (nSPS) is 18.2. The molecule has 1 atom stereocenters. The molecule has 1 fully saturated rings. The average Bonchev–Trinajstić information content (AvgIpc) is 2.81. The maximum atomic E-state index is 10.8. The van der Waals surface area contributed by atoms with Crippen molar-refractivity contribution in [2.75, 3.05) is 0 Å². The molecule has 1 aliphatic rings. The van der Waals surface area contributed by atoms with Gasteiger partial charge in [-0.15, -0.1) is 0 Å². The number of benzene rings is 1. The van der Waals surface area contributed by atoms with E-state index in [4.69, 9.17) is 10.8 Å². The van der Waals surface area contributed by atoms with Crippen LogP contribution in [0.5, 0.6) is 0 Å². The largest absolute Gasteiger partial charge is 0.481 e. The number of nitrogens with two attached hydrogens (primary N) is 1. The van der Waals surface area contributed by atoms with E-state index in [1.165, 1.54) is 25.7 Å². The van der Waals surface area contributed by atoms with E-state index in [1.54, 1.807) is 0 Å². The Morgan fingerprint density at radius 1 is 1.35 bits per heavy atom. The Morgan fingerprint density at radius 2 is 2.00 bits per heavy atom. The monoisotopic (exact) mass is 233 g/mol. The summed E-state index contributed by atoms with van der Waals surface area (Å²) in [6, 6.07) is 7.66. The fourth-order valence-electron chi connectivity index (χ4n) is 2.75. The van der Waals surface area contributed by atoms with Crippen molar-refractivity contribution < 1.29 is 9.90 Å². The maximum absolute atomic E-state index is 10.8. The predicted molar refractivity (Wildman–Crippen MR) is 66.7 cm³/mol. The van der Waals surface area contributed by atoms with E-state index in [0.717, 1.165) is 11.1 Å². The molecule has 92 valence electrons. The van der Waals surface area contributed by atoms with E-state index >= 15 is 0 Å². The van der Waals surface area contributed by atoms with Gasteiger partial charge in [-0.3, -0.25) is 4.79 Å². The molecule has 1 aliphatic carbocycles. The van der Waals surface area contributed by atoms with Gasteiger partial charge >= 0.3 is 5.97 Å². The van der Waals surface area contributed by atoms with E-state index in [9.17, 15) is 4.79 Å². The van der Waals surface area contributed by atoms with Gasteiger partial charge < -0.3 is 10.8 Å². The first-order valence-corrected chi connectivity index (χ1v) is 6.23. The molecule has 0 radical (unpaired) electrons. The van der Waals surface area contributed by atoms with Crippen LogP contribution in [-0.2, 0) is 11.2 Å². The van der Waals surface area contributed by atoms with Crippen molar-refractivity contribution in [3.05, 3.63) is 35.4 Å². The van der Waals surface area contributed by atoms with Crippen LogP contribution in [0.3, 0.4) is 0 Å². The number of carbonyl (C=O) groups is 1. The molecule has 0 spiro atoms. The van der Waals surface area contributed by atoms with E-state index in [0.29, 0.717) is 5.92 Å². The minimum Gasteiger partial charge on any atom is -0.481 e. The van der Waals surface area contributed by atoms with Crippen LogP contribution in [0.4, 0.5) is 0 Å². The average molecular weight is 233 g/mol. The van der Waals surface area contributed by atoms with Crippen molar-refractivity contribution in [1.29, 1.82) is 0 Å². The quantitative estimate of drug-likeness (QED) is 0.839. The minimum atomic E-state index is -0.795. The molecule has 1 aromatic rings. The number of aliphatic carboxylic acids is 1. The Bertz CT molecular complexity index is 397. The summed E-state index contributed by atoms with van der Waals surface area (Å²) in [7, 11) is 0. The summed E-state index contributed by atoms with van der Waals surface area (Å²) < 4.78 is 0.